The molecular weight excluding hydrogens is 212 g/mol. The van der Waals surface area contributed by atoms with Crippen molar-refractivity contribution < 1.29 is 22.3 Å². The third kappa shape index (κ3) is 1.29. The number of benzene rings is 1. The zero-order chi connectivity index (χ0) is 11.3. The van der Waals surface area contributed by atoms with E-state index in [9.17, 15) is 17.6 Å². The lowest BCUT2D eigenvalue weighted by Crippen LogP contribution is -2.02. The second-order valence-electron chi connectivity index (χ2n) is 3.45. The number of ether oxygens (including phenoxy) is 1. The molecule has 1 aromatic carbocycles. The lowest BCUT2D eigenvalue weighted by atomic mass is 10.1. The standard InChI is InChI=1S/C10H8F4O/c1-15-7-4-2-6(3-5-7)8-9(11,12)10(8,13)14/h2-5,8H,1H3. The zero-order valence-electron chi connectivity index (χ0n) is 7.81. The number of halogens is 4. The minimum absolute atomic E-state index is 0.0641. The van der Waals surface area contributed by atoms with Crippen LogP contribution >= 0.6 is 0 Å². The molecule has 0 bridgehead atoms. The molecule has 1 aliphatic rings. The Morgan fingerprint density at radius 1 is 1.00 bits per heavy atom. The Morgan fingerprint density at radius 3 is 1.80 bits per heavy atom. The molecule has 0 heterocycles. The van der Waals surface area contributed by atoms with Gasteiger partial charge in [-0.15, -0.1) is 0 Å². The smallest absolute Gasteiger partial charge is 0.323 e. The van der Waals surface area contributed by atoms with E-state index in [2.05, 4.69) is 0 Å². The molecule has 1 saturated carbocycles. The quantitative estimate of drug-likeness (QED) is 0.696. The summed E-state index contributed by atoms with van der Waals surface area (Å²) in [5.74, 6) is -9.37. The van der Waals surface area contributed by atoms with Gasteiger partial charge < -0.3 is 4.74 Å². The molecule has 0 atom stereocenters. The van der Waals surface area contributed by atoms with Crippen molar-refractivity contribution in [2.24, 2.45) is 0 Å². The maximum atomic E-state index is 12.7. The van der Waals surface area contributed by atoms with Crippen molar-refractivity contribution >= 4 is 0 Å². The molecule has 82 valence electrons. The third-order valence-electron chi connectivity index (χ3n) is 2.54. The average molecular weight is 220 g/mol. The van der Waals surface area contributed by atoms with Crippen molar-refractivity contribution in [3.05, 3.63) is 29.8 Å². The first-order valence-electron chi connectivity index (χ1n) is 4.31. The van der Waals surface area contributed by atoms with Crippen LogP contribution < -0.4 is 4.74 Å². The van der Waals surface area contributed by atoms with Crippen LogP contribution in [-0.4, -0.2) is 19.0 Å². The number of rotatable bonds is 2. The number of hydrogen-bond donors (Lipinski definition) is 0. The fraction of sp³-hybridized carbons (Fsp3) is 0.400. The molecule has 0 saturated heterocycles. The van der Waals surface area contributed by atoms with Crippen LogP contribution in [0.1, 0.15) is 11.5 Å². The Labute approximate surface area is 83.7 Å². The molecule has 0 N–H and O–H groups in total. The fourth-order valence-corrected chi connectivity index (χ4v) is 1.56. The Balaban J connectivity index is 2.26. The van der Waals surface area contributed by atoms with E-state index in [-0.39, 0.29) is 5.56 Å². The number of hydrogen-bond acceptors (Lipinski definition) is 1. The minimum atomic E-state index is -3.92. The molecule has 0 aromatic heterocycles. The summed E-state index contributed by atoms with van der Waals surface area (Å²) in [5.41, 5.74) is -0.0641. The highest BCUT2D eigenvalue weighted by Gasteiger charge is 2.85. The van der Waals surface area contributed by atoms with Crippen molar-refractivity contribution in [2.45, 2.75) is 17.8 Å². The summed E-state index contributed by atoms with van der Waals surface area (Å²) in [6.45, 7) is 0. The number of alkyl halides is 4. The first-order chi connectivity index (χ1) is 6.91. The molecule has 5 heteroatoms. The van der Waals surface area contributed by atoms with Gasteiger partial charge in [0.2, 0.25) is 0 Å². The highest BCUT2D eigenvalue weighted by atomic mass is 19.3. The van der Waals surface area contributed by atoms with Gasteiger partial charge in [0, 0.05) is 0 Å². The maximum Gasteiger partial charge on any atom is 0.323 e. The van der Waals surface area contributed by atoms with Gasteiger partial charge in [0.1, 0.15) is 11.7 Å². The van der Waals surface area contributed by atoms with Gasteiger partial charge in [-0.3, -0.25) is 0 Å². The highest BCUT2D eigenvalue weighted by Crippen LogP contribution is 2.68. The van der Waals surface area contributed by atoms with Gasteiger partial charge >= 0.3 is 11.8 Å². The van der Waals surface area contributed by atoms with Gasteiger partial charge in [0.05, 0.1) is 7.11 Å². The van der Waals surface area contributed by atoms with Crippen LogP contribution in [0.5, 0.6) is 5.75 Å². The van der Waals surface area contributed by atoms with E-state index >= 15 is 0 Å². The second-order valence-corrected chi connectivity index (χ2v) is 3.45. The molecule has 15 heavy (non-hydrogen) atoms. The van der Waals surface area contributed by atoms with Gasteiger partial charge in [-0.2, -0.15) is 17.6 Å². The summed E-state index contributed by atoms with van der Waals surface area (Å²) in [7, 11) is 1.41. The summed E-state index contributed by atoms with van der Waals surface area (Å²) in [6.07, 6.45) is 0. The van der Waals surface area contributed by atoms with E-state index in [0.29, 0.717) is 5.75 Å². The SMILES string of the molecule is COc1ccc(C2C(F)(F)C2(F)F)cc1. The Morgan fingerprint density at radius 2 is 1.47 bits per heavy atom. The molecule has 2 rings (SSSR count). The van der Waals surface area contributed by atoms with E-state index in [0.717, 1.165) is 0 Å². The molecule has 1 nitrogen and oxygen atoms in total. The largest absolute Gasteiger partial charge is 0.497 e. The van der Waals surface area contributed by atoms with Crippen LogP contribution in [0.3, 0.4) is 0 Å². The second kappa shape index (κ2) is 2.87. The minimum Gasteiger partial charge on any atom is -0.497 e. The van der Waals surface area contributed by atoms with Crippen LogP contribution in [0.15, 0.2) is 24.3 Å². The van der Waals surface area contributed by atoms with E-state index in [4.69, 9.17) is 4.74 Å². The first kappa shape index (κ1) is 10.3. The van der Waals surface area contributed by atoms with Gasteiger partial charge in [-0.1, -0.05) is 12.1 Å². The van der Waals surface area contributed by atoms with Gasteiger partial charge in [-0.25, -0.2) is 0 Å². The van der Waals surface area contributed by atoms with Crippen LogP contribution in [0, 0.1) is 0 Å². The summed E-state index contributed by atoms with van der Waals surface area (Å²) in [6, 6.07) is 5.25. The zero-order valence-corrected chi connectivity index (χ0v) is 7.81. The van der Waals surface area contributed by atoms with Gasteiger partial charge in [0.25, 0.3) is 0 Å². The van der Waals surface area contributed by atoms with Crippen LogP contribution in [0.25, 0.3) is 0 Å². The summed E-state index contributed by atoms with van der Waals surface area (Å²) < 4.78 is 55.4. The molecule has 0 amide bonds. The van der Waals surface area contributed by atoms with E-state index in [1.807, 2.05) is 0 Å². The van der Waals surface area contributed by atoms with Gasteiger partial charge in [0.15, 0.2) is 0 Å². The molecule has 0 aliphatic heterocycles. The van der Waals surface area contributed by atoms with Crippen molar-refractivity contribution in [1.29, 1.82) is 0 Å². The Hall–Kier alpha value is -1.26. The van der Waals surface area contributed by atoms with E-state index in [1.54, 1.807) is 0 Å². The molecule has 1 aromatic rings. The highest BCUT2D eigenvalue weighted by molar-refractivity contribution is 5.39. The van der Waals surface area contributed by atoms with Crippen molar-refractivity contribution in [1.82, 2.24) is 0 Å². The molecule has 1 aliphatic carbocycles. The van der Waals surface area contributed by atoms with Crippen molar-refractivity contribution in [2.75, 3.05) is 7.11 Å². The normalized spacial score (nSPS) is 22.5. The van der Waals surface area contributed by atoms with Crippen molar-refractivity contribution in [3.8, 4) is 5.75 Å². The predicted molar refractivity (Wildman–Crippen MR) is 45.6 cm³/mol. The molecular formula is C10H8F4O. The van der Waals surface area contributed by atoms with Gasteiger partial charge in [-0.05, 0) is 17.7 Å². The lowest BCUT2D eigenvalue weighted by molar-refractivity contribution is -0.0278. The Bertz CT molecular complexity index is 358. The first-order valence-corrected chi connectivity index (χ1v) is 4.31. The summed E-state index contributed by atoms with van der Waals surface area (Å²) in [4.78, 5) is 0. The molecule has 0 radical (unpaired) electrons. The Kier molecular flexibility index (Phi) is 1.96. The fourth-order valence-electron chi connectivity index (χ4n) is 1.56. The predicted octanol–water partition coefficient (Wildman–Crippen LogP) is 3.06. The monoisotopic (exact) mass is 220 g/mol. The summed E-state index contributed by atoms with van der Waals surface area (Å²) in [5, 5.41) is 0. The van der Waals surface area contributed by atoms with Crippen molar-refractivity contribution in [3.63, 3.8) is 0 Å². The molecule has 0 spiro atoms. The number of methoxy groups -OCH3 is 1. The van der Waals surface area contributed by atoms with Crippen LogP contribution in [0.4, 0.5) is 17.6 Å². The topological polar surface area (TPSA) is 9.23 Å². The molecule has 1 fully saturated rings. The van der Waals surface area contributed by atoms with E-state index in [1.165, 1.54) is 31.4 Å². The van der Waals surface area contributed by atoms with E-state index < -0.39 is 17.8 Å². The van der Waals surface area contributed by atoms with Crippen LogP contribution in [-0.2, 0) is 0 Å². The molecule has 0 unspecified atom stereocenters. The van der Waals surface area contributed by atoms with Crippen LogP contribution in [0.2, 0.25) is 0 Å². The summed E-state index contributed by atoms with van der Waals surface area (Å²) >= 11 is 0. The maximum absolute atomic E-state index is 12.7. The lowest BCUT2D eigenvalue weighted by Gasteiger charge is -2.00. The third-order valence-corrected chi connectivity index (χ3v) is 2.54. The average Bonchev–Trinajstić information content (AvgIpc) is 2.58.